The van der Waals surface area contributed by atoms with Crippen LogP contribution in [0.1, 0.15) is 25.8 Å². The largest absolute Gasteiger partial charge is 0.480 e. The Kier molecular flexibility index (Phi) is 6.81. The van der Waals surface area contributed by atoms with Crippen molar-refractivity contribution in [1.82, 2.24) is 10.2 Å². The van der Waals surface area contributed by atoms with Crippen LogP contribution in [0.25, 0.3) is 0 Å². The van der Waals surface area contributed by atoms with Crippen molar-refractivity contribution in [3.63, 3.8) is 0 Å². The third-order valence-electron chi connectivity index (χ3n) is 3.33. The molecule has 21 heavy (non-hydrogen) atoms. The molecule has 1 atom stereocenters. The molecule has 1 unspecified atom stereocenters. The zero-order valence-electron chi connectivity index (χ0n) is 12.3. The van der Waals surface area contributed by atoms with Crippen LogP contribution in [0.3, 0.4) is 0 Å². The quantitative estimate of drug-likeness (QED) is 0.765. The second kappa shape index (κ2) is 8.36. The average Bonchev–Trinajstić information content (AvgIpc) is 2.44. The van der Waals surface area contributed by atoms with Crippen LogP contribution in [0.15, 0.2) is 24.3 Å². The van der Waals surface area contributed by atoms with Crippen LogP contribution in [0, 0.1) is 5.82 Å². The second-order valence-corrected chi connectivity index (χ2v) is 4.92. The van der Waals surface area contributed by atoms with E-state index < -0.39 is 5.97 Å². The average molecular weight is 296 g/mol. The number of nitrogens with zero attached hydrogens (tertiary/aromatic N) is 1. The molecule has 0 radical (unpaired) electrons. The van der Waals surface area contributed by atoms with Crippen molar-refractivity contribution < 1.29 is 19.1 Å². The van der Waals surface area contributed by atoms with Crippen LogP contribution >= 0.6 is 0 Å². The van der Waals surface area contributed by atoms with Crippen LogP contribution in [-0.2, 0) is 16.1 Å². The van der Waals surface area contributed by atoms with Crippen molar-refractivity contribution in [1.29, 1.82) is 0 Å². The summed E-state index contributed by atoms with van der Waals surface area (Å²) in [6.07, 6.45) is 0.744. The fraction of sp³-hybridized carbons (Fsp3) is 0.467. The number of carbonyl (C=O) groups is 2. The molecule has 116 valence electrons. The molecule has 0 aliphatic rings. The highest BCUT2D eigenvalue weighted by atomic mass is 19.1. The fourth-order valence-corrected chi connectivity index (χ4v) is 1.88. The lowest BCUT2D eigenvalue weighted by Gasteiger charge is -2.25. The maximum atomic E-state index is 13.4. The number of hydrogen-bond donors (Lipinski definition) is 2. The molecule has 1 aromatic rings. The van der Waals surface area contributed by atoms with Gasteiger partial charge >= 0.3 is 5.97 Å². The summed E-state index contributed by atoms with van der Waals surface area (Å²) in [5.74, 6) is -1.67. The number of benzene rings is 1. The van der Waals surface area contributed by atoms with Crippen LogP contribution in [0.5, 0.6) is 0 Å². The van der Waals surface area contributed by atoms with E-state index in [0.717, 1.165) is 6.42 Å². The van der Waals surface area contributed by atoms with Gasteiger partial charge in [-0.05, 0) is 19.4 Å². The van der Waals surface area contributed by atoms with Crippen LogP contribution in [0.2, 0.25) is 0 Å². The number of carboxylic acid groups (broad SMARTS) is 1. The summed E-state index contributed by atoms with van der Waals surface area (Å²) in [7, 11) is 0. The van der Waals surface area contributed by atoms with E-state index in [4.69, 9.17) is 5.11 Å². The van der Waals surface area contributed by atoms with E-state index >= 15 is 0 Å². The Morgan fingerprint density at radius 1 is 1.33 bits per heavy atom. The van der Waals surface area contributed by atoms with Gasteiger partial charge < -0.3 is 10.4 Å². The second-order valence-electron chi connectivity index (χ2n) is 4.92. The molecule has 5 nitrogen and oxygen atoms in total. The van der Waals surface area contributed by atoms with Crippen LogP contribution in [-0.4, -0.2) is 41.0 Å². The highest BCUT2D eigenvalue weighted by molar-refractivity contribution is 5.79. The van der Waals surface area contributed by atoms with E-state index in [0.29, 0.717) is 5.56 Å². The Morgan fingerprint density at radius 3 is 2.57 bits per heavy atom. The monoisotopic (exact) mass is 296 g/mol. The number of carboxylic acids is 1. The summed E-state index contributed by atoms with van der Waals surface area (Å²) in [6, 6.07) is 6.19. The Morgan fingerprint density at radius 2 is 2.00 bits per heavy atom. The minimum absolute atomic E-state index is 0.0136. The molecule has 0 bridgehead atoms. The van der Waals surface area contributed by atoms with Gasteiger partial charge in [0.25, 0.3) is 0 Å². The summed E-state index contributed by atoms with van der Waals surface area (Å²) in [5.41, 5.74) is 0.402. The van der Waals surface area contributed by atoms with Crippen molar-refractivity contribution in [3.8, 4) is 0 Å². The number of nitrogens with one attached hydrogen (secondary N) is 1. The molecule has 0 aromatic heterocycles. The van der Waals surface area contributed by atoms with E-state index in [2.05, 4.69) is 5.32 Å². The molecular weight excluding hydrogens is 275 g/mol. The van der Waals surface area contributed by atoms with E-state index in [9.17, 15) is 14.0 Å². The molecular formula is C15H21FN2O3. The molecule has 0 aliphatic carbocycles. The molecule has 0 saturated heterocycles. The van der Waals surface area contributed by atoms with Crippen LogP contribution < -0.4 is 5.32 Å². The Labute approximate surface area is 123 Å². The molecule has 1 amide bonds. The highest BCUT2D eigenvalue weighted by Gasteiger charge is 2.18. The first-order valence-corrected chi connectivity index (χ1v) is 6.90. The van der Waals surface area contributed by atoms with Gasteiger partial charge in [0.2, 0.25) is 5.91 Å². The van der Waals surface area contributed by atoms with Gasteiger partial charge in [0, 0.05) is 18.2 Å². The molecule has 1 aromatic carbocycles. The maximum absolute atomic E-state index is 13.4. The number of amides is 1. The summed E-state index contributed by atoms with van der Waals surface area (Å²) >= 11 is 0. The SMILES string of the molecule is CCC(C)N(CC(=O)O)CC(=O)NCc1ccccc1F. The van der Waals surface area contributed by atoms with E-state index in [1.807, 2.05) is 13.8 Å². The zero-order chi connectivity index (χ0) is 15.8. The first-order valence-electron chi connectivity index (χ1n) is 6.90. The van der Waals surface area contributed by atoms with Gasteiger partial charge in [-0.15, -0.1) is 0 Å². The lowest BCUT2D eigenvalue weighted by Crippen LogP contribution is -2.44. The van der Waals surface area contributed by atoms with E-state index in [1.165, 1.54) is 6.07 Å². The van der Waals surface area contributed by atoms with E-state index in [-0.39, 0.29) is 37.4 Å². The Hall–Kier alpha value is -1.95. The molecule has 0 aliphatic heterocycles. The van der Waals surface area contributed by atoms with Gasteiger partial charge in [-0.3, -0.25) is 14.5 Å². The van der Waals surface area contributed by atoms with Gasteiger partial charge in [0.15, 0.2) is 0 Å². The fourth-order valence-electron chi connectivity index (χ4n) is 1.88. The highest BCUT2D eigenvalue weighted by Crippen LogP contribution is 2.06. The summed E-state index contributed by atoms with van der Waals surface area (Å²) < 4.78 is 13.4. The minimum Gasteiger partial charge on any atom is -0.480 e. The minimum atomic E-state index is -0.975. The smallest absolute Gasteiger partial charge is 0.317 e. The lowest BCUT2D eigenvalue weighted by atomic mass is 10.2. The normalized spacial score (nSPS) is 12.2. The summed E-state index contributed by atoms with van der Waals surface area (Å²) in [5, 5.41) is 11.5. The first-order chi connectivity index (χ1) is 9.93. The Balaban J connectivity index is 2.54. The topological polar surface area (TPSA) is 69.6 Å². The molecule has 1 rings (SSSR count). The number of hydrogen-bond acceptors (Lipinski definition) is 3. The zero-order valence-corrected chi connectivity index (χ0v) is 12.3. The molecule has 0 saturated carbocycles. The van der Waals surface area contributed by atoms with Gasteiger partial charge in [-0.2, -0.15) is 0 Å². The van der Waals surface area contributed by atoms with Crippen molar-refractivity contribution >= 4 is 11.9 Å². The van der Waals surface area contributed by atoms with Gasteiger partial charge in [0.1, 0.15) is 5.82 Å². The predicted octanol–water partition coefficient (Wildman–Crippen LogP) is 1.63. The summed E-state index contributed by atoms with van der Waals surface area (Å²) in [4.78, 5) is 24.3. The van der Waals surface area contributed by atoms with Crippen molar-refractivity contribution in [2.45, 2.75) is 32.9 Å². The van der Waals surface area contributed by atoms with Gasteiger partial charge in [-0.1, -0.05) is 25.1 Å². The third kappa shape index (κ3) is 5.91. The molecule has 0 spiro atoms. The molecule has 0 heterocycles. The van der Waals surface area contributed by atoms with Crippen molar-refractivity contribution in [3.05, 3.63) is 35.6 Å². The lowest BCUT2D eigenvalue weighted by molar-refractivity contribution is -0.139. The third-order valence-corrected chi connectivity index (χ3v) is 3.33. The predicted molar refractivity (Wildman–Crippen MR) is 77.2 cm³/mol. The Bertz CT molecular complexity index is 494. The van der Waals surface area contributed by atoms with Gasteiger partial charge in [0.05, 0.1) is 13.1 Å². The van der Waals surface area contributed by atoms with Crippen LogP contribution in [0.4, 0.5) is 4.39 Å². The number of carbonyl (C=O) groups excluding carboxylic acids is 1. The summed E-state index contributed by atoms with van der Waals surface area (Å²) in [6.45, 7) is 3.68. The van der Waals surface area contributed by atoms with Crippen molar-refractivity contribution in [2.24, 2.45) is 0 Å². The number of aliphatic carboxylic acids is 1. The van der Waals surface area contributed by atoms with Crippen molar-refractivity contribution in [2.75, 3.05) is 13.1 Å². The maximum Gasteiger partial charge on any atom is 0.317 e. The number of halogens is 1. The van der Waals surface area contributed by atoms with E-state index in [1.54, 1.807) is 23.1 Å². The molecule has 0 fully saturated rings. The first kappa shape index (κ1) is 17.1. The van der Waals surface area contributed by atoms with Gasteiger partial charge in [-0.25, -0.2) is 4.39 Å². The number of rotatable bonds is 8. The standard InChI is InChI=1S/C15H21FN2O3/c1-3-11(2)18(10-15(20)21)9-14(19)17-8-12-6-4-5-7-13(12)16/h4-7,11H,3,8-10H2,1-2H3,(H,17,19)(H,20,21). The molecule has 6 heteroatoms. The molecule has 2 N–H and O–H groups in total.